The number of carboxylic acid groups (broad SMARTS) is 1. The average Bonchev–Trinajstić information content (AvgIpc) is 2.06. The van der Waals surface area contributed by atoms with Crippen LogP contribution in [0.25, 0.3) is 0 Å². The quantitative estimate of drug-likeness (QED) is 0.671. The highest BCUT2D eigenvalue weighted by molar-refractivity contribution is 5.70. The molecule has 1 rings (SSSR count). The minimum Gasteiger partial charge on any atom is -0.481 e. The van der Waals surface area contributed by atoms with E-state index in [9.17, 15) is 4.79 Å². The number of nitrogens with one attached hydrogen (secondary N) is 1. The van der Waals surface area contributed by atoms with Gasteiger partial charge in [0.1, 0.15) is 0 Å². The van der Waals surface area contributed by atoms with Crippen LogP contribution in [0.1, 0.15) is 32.6 Å². The number of carbonyl (C=O) groups is 1. The minimum atomic E-state index is -0.620. The maximum absolute atomic E-state index is 10.6. The van der Waals surface area contributed by atoms with Gasteiger partial charge in [-0.05, 0) is 32.2 Å². The molecule has 3 heteroatoms. The van der Waals surface area contributed by atoms with Gasteiger partial charge >= 0.3 is 5.97 Å². The van der Waals surface area contributed by atoms with Crippen LogP contribution in [0.2, 0.25) is 0 Å². The van der Waals surface area contributed by atoms with Crippen molar-refractivity contribution in [3.8, 4) is 0 Å². The second-order valence-electron chi connectivity index (χ2n) is 3.44. The number of aliphatic carboxylic acids is 1. The normalized spacial score (nSPS) is 30.1. The van der Waals surface area contributed by atoms with Crippen LogP contribution in [0, 0.1) is 5.92 Å². The predicted octanol–water partition coefficient (Wildman–Crippen LogP) is 1.24. The molecule has 1 fully saturated rings. The van der Waals surface area contributed by atoms with Gasteiger partial charge in [0.2, 0.25) is 0 Å². The highest BCUT2D eigenvalue weighted by atomic mass is 16.4. The van der Waals surface area contributed by atoms with Gasteiger partial charge in [-0.2, -0.15) is 0 Å². The predicted molar refractivity (Wildman–Crippen MR) is 47.1 cm³/mol. The van der Waals surface area contributed by atoms with Crippen LogP contribution in [-0.4, -0.2) is 23.7 Å². The fourth-order valence-electron chi connectivity index (χ4n) is 1.83. The molecule has 0 aromatic carbocycles. The van der Waals surface area contributed by atoms with Gasteiger partial charge < -0.3 is 10.4 Å². The second-order valence-corrected chi connectivity index (χ2v) is 3.44. The fraction of sp³-hybridized carbons (Fsp3) is 0.889. The molecule has 0 aromatic heterocycles. The molecule has 12 heavy (non-hydrogen) atoms. The minimum absolute atomic E-state index is 0.0834. The van der Waals surface area contributed by atoms with Crippen LogP contribution < -0.4 is 5.32 Å². The van der Waals surface area contributed by atoms with E-state index < -0.39 is 5.97 Å². The molecule has 70 valence electrons. The molecule has 0 aromatic rings. The lowest BCUT2D eigenvalue weighted by molar-refractivity contribution is -0.142. The largest absolute Gasteiger partial charge is 0.481 e. The zero-order valence-corrected chi connectivity index (χ0v) is 7.55. The van der Waals surface area contributed by atoms with Gasteiger partial charge in [-0.25, -0.2) is 0 Å². The molecule has 1 aliphatic carbocycles. The first-order chi connectivity index (χ1) is 5.74. The Balaban J connectivity index is 2.25. The van der Waals surface area contributed by atoms with Gasteiger partial charge in [0.15, 0.2) is 0 Å². The Hall–Kier alpha value is -0.570. The molecular formula is C9H17NO2. The Kier molecular flexibility index (Phi) is 3.53. The molecular weight excluding hydrogens is 154 g/mol. The standard InChI is InChI=1S/C9H17NO2/c1-2-10-8-5-3-7(4-6-8)9(11)12/h7-8,10H,2-6H2,1H3,(H,11,12). The summed E-state index contributed by atoms with van der Waals surface area (Å²) in [6.07, 6.45) is 3.72. The molecule has 0 bridgehead atoms. The molecule has 0 aliphatic heterocycles. The van der Waals surface area contributed by atoms with Gasteiger partial charge in [-0.1, -0.05) is 6.92 Å². The first-order valence-electron chi connectivity index (χ1n) is 4.70. The van der Waals surface area contributed by atoms with Crippen molar-refractivity contribution in [2.24, 2.45) is 5.92 Å². The number of hydrogen-bond donors (Lipinski definition) is 2. The summed E-state index contributed by atoms with van der Waals surface area (Å²) in [6, 6.07) is 0.561. The second kappa shape index (κ2) is 4.45. The third-order valence-electron chi connectivity index (χ3n) is 2.57. The van der Waals surface area contributed by atoms with Crippen molar-refractivity contribution in [2.75, 3.05) is 6.54 Å². The molecule has 0 saturated heterocycles. The number of hydrogen-bond acceptors (Lipinski definition) is 2. The highest BCUT2D eigenvalue weighted by Crippen LogP contribution is 2.24. The van der Waals surface area contributed by atoms with E-state index in [1.807, 2.05) is 0 Å². The summed E-state index contributed by atoms with van der Waals surface area (Å²) in [5, 5.41) is 12.1. The lowest BCUT2D eigenvalue weighted by atomic mass is 9.86. The average molecular weight is 171 g/mol. The maximum Gasteiger partial charge on any atom is 0.306 e. The molecule has 0 radical (unpaired) electrons. The van der Waals surface area contributed by atoms with E-state index in [0.717, 1.165) is 32.2 Å². The van der Waals surface area contributed by atoms with E-state index >= 15 is 0 Å². The van der Waals surface area contributed by atoms with E-state index in [0.29, 0.717) is 6.04 Å². The Morgan fingerprint density at radius 3 is 2.42 bits per heavy atom. The first-order valence-corrected chi connectivity index (χ1v) is 4.70. The Morgan fingerprint density at radius 1 is 1.42 bits per heavy atom. The van der Waals surface area contributed by atoms with Crippen molar-refractivity contribution in [3.05, 3.63) is 0 Å². The molecule has 0 amide bonds. The van der Waals surface area contributed by atoms with E-state index in [4.69, 9.17) is 5.11 Å². The molecule has 0 unspecified atom stereocenters. The summed E-state index contributed by atoms with van der Waals surface area (Å²) in [5.41, 5.74) is 0. The number of rotatable bonds is 3. The summed E-state index contributed by atoms with van der Waals surface area (Å²) in [6.45, 7) is 3.08. The zero-order valence-electron chi connectivity index (χ0n) is 7.55. The van der Waals surface area contributed by atoms with Crippen molar-refractivity contribution >= 4 is 5.97 Å². The topological polar surface area (TPSA) is 49.3 Å². The maximum atomic E-state index is 10.6. The lowest BCUT2D eigenvalue weighted by Crippen LogP contribution is -2.34. The molecule has 0 atom stereocenters. The van der Waals surface area contributed by atoms with E-state index in [-0.39, 0.29) is 5.92 Å². The van der Waals surface area contributed by atoms with E-state index in [2.05, 4.69) is 12.2 Å². The van der Waals surface area contributed by atoms with Gasteiger partial charge in [0.05, 0.1) is 5.92 Å². The van der Waals surface area contributed by atoms with Crippen LogP contribution >= 0.6 is 0 Å². The van der Waals surface area contributed by atoms with Gasteiger partial charge in [-0.3, -0.25) is 4.79 Å². The van der Waals surface area contributed by atoms with Crippen molar-refractivity contribution in [2.45, 2.75) is 38.6 Å². The monoisotopic (exact) mass is 171 g/mol. The smallest absolute Gasteiger partial charge is 0.306 e. The zero-order chi connectivity index (χ0) is 8.97. The van der Waals surface area contributed by atoms with E-state index in [1.165, 1.54) is 0 Å². The van der Waals surface area contributed by atoms with Crippen LogP contribution in [-0.2, 0) is 4.79 Å². The third-order valence-corrected chi connectivity index (χ3v) is 2.57. The van der Waals surface area contributed by atoms with Crippen molar-refractivity contribution in [3.63, 3.8) is 0 Å². The third kappa shape index (κ3) is 2.48. The first kappa shape index (κ1) is 9.52. The highest BCUT2D eigenvalue weighted by Gasteiger charge is 2.24. The summed E-state index contributed by atoms with van der Waals surface area (Å²) in [7, 11) is 0. The molecule has 2 N–H and O–H groups in total. The SMILES string of the molecule is CCNC1CCC(C(=O)O)CC1. The molecule has 0 spiro atoms. The van der Waals surface area contributed by atoms with Gasteiger partial charge in [-0.15, -0.1) is 0 Å². The Labute approximate surface area is 73.2 Å². The van der Waals surface area contributed by atoms with Crippen LogP contribution in [0.15, 0.2) is 0 Å². The number of carboxylic acids is 1. The van der Waals surface area contributed by atoms with Crippen LogP contribution in [0.4, 0.5) is 0 Å². The fourth-order valence-corrected chi connectivity index (χ4v) is 1.83. The van der Waals surface area contributed by atoms with Crippen molar-refractivity contribution in [1.82, 2.24) is 5.32 Å². The van der Waals surface area contributed by atoms with Crippen molar-refractivity contribution in [1.29, 1.82) is 0 Å². The molecule has 0 heterocycles. The molecule has 1 aliphatic rings. The molecule has 3 nitrogen and oxygen atoms in total. The van der Waals surface area contributed by atoms with Gasteiger partial charge in [0, 0.05) is 6.04 Å². The van der Waals surface area contributed by atoms with Crippen LogP contribution in [0.3, 0.4) is 0 Å². The lowest BCUT2D eigenvalue weighted by Gasteiger charge is -2.26. The van der Waals surface area contributed by atoms with Crippen molar-refractivity contribution < 1.29 is 9.90 Å². The summed E-state index contributed by atoms with van der Waals surface area (Å²) in [5.74, 6) is -0.704. The summed E-state index contributed by atoms with van der Waals surface area (Å²) in [4.78, 5) is 10.6. The summed E-state index contributed by atoms with van der Waals surface area (Å²) >= 11 is 0. The summed E-state index contributed by atoms with van der Waals surface area (Å²) < 4.78 is 0. The van der Waals surface area contributed by atoms with Crippen LogP contribution in [0.5, 0.6) is 0 Å². The Morgan fingerprint density at radius 2 is 2.00 bits per heavy atom. The van der Waals surface area contributed by atoms with Gasteiger partial charge in [0.25, 0.3) is 0 Å². The van der Waals surface area contributed by atoms with E-state index in [1.54, 1.807) is 0 Å². The molecule has 1 saturated carbocycles. The Bertz CT molecular complexity index is 151.